The Labute approximate surface area is 198 Å². The molecule has 2 N–H and O–H groups in total. The lowest BCUT2D eigenvalue weighted by molar-refractivity contribution is -0.141. The average molecular weight is 464 g/mol. The minimum Gasteiger partial charge on any atom is -0.462 e. The molecule has 0 saturated heterocycles. The maximum atomic E-state index is 13.1. The Morgan fingerprint density at radius 1 is 1.00 bits per heavy atom. The minimum absolute atomic E-state index is 0.354. The molecule has 1 atom stereocenters. The molecule has 1 aliphatic carbocycles. The summed E-state index contributed by atoms with van der Waals surface area (Å²) in [6.45, 7) is 2.28. The van der Waals surface area contributed by atoms with Crippen molar-refractivity contribution in [2.24, 2.45) is 5.92 Å². The summed E-state index contributed by atoms with van der Waals surface area (Å²) in [5.74, 6) is -0.173. The Hall–Kier alpha value is -3.68. The average Bonchev–Trinajstić information content (AvgIpc) is 2.88. The minimum atomic E-state index is -0.660. The van der Waals surface area contributed by atoms with Crippen molar-refractivity contribution in [1.29, 1.82) is 0 Å². The van der Waals surface area contributed by atoms with E-state index >= 15 is 0 Å². The summed E-state index contributed by atoms with van der Waals surface area (Å²) in [5, 5.41) is 5.57. The third-order valence-electron chi connectivity index (χ3n) is 6.24. The smallest absolute Gasteiger partial charge is 0.343 e. The molecule has 178 valence electrons. The van der Waals surface area contributed by atoms with Crippen molar-refractivity contribution in [3.63, 3.8) is 0 Å². The fraction of sp³-hybridized carbons (Fsp3) is 0.385. The van der Waals surface area contributed by atoms with E-state index in [1.54, 1.807) is 36.4 Å². The van der Waals surface area contributed by atoms with Gasteiger partial charge < -0.3 is 20.1 Å². The number of allylic oxidation sites excluding steroid dienone is 1. The van der Waals surface area contributed by atoms with Crippen molar-refractivity contribution in [3.8, 4) is 5.75 Å². The van der Waals surface area contributed by atoms with Gasteiger partial charge in [0.15, 0.2) is 0 Å². The number of nitrogens with zero attached hydrogens (tertiary/aromatic N) is 1. The highest BCUT2D eigenvalue weighted by molar-refractivity contribution is 5.95. The predicted octanol–water partition coefficient (Wildman–Crippen LogP) is 4.44. The molecular weight excluding hydrogens is 434 g/mol. The molecule has 1 saturated carbocycles. The quantitative estimate of drug-likeness (QED) is 0.464. The van der Waals surface area contributed by atoms with Gasteiger partial charge in [-0.25, -0.2) is 14.4 Å². The number of carbonyl (C=O) groups excluding carboxylic acids is 3. The molecule has 0 bridgehead atoms. The van der Waals surface area contributed by atoms with Crippen LogP contribution >= 0.6 is 0 Å². The maximum Gasteiger partial charge on any atom is 0.343 e. The third kappa shape index (κ3) is 5.62. The first-order valence-corrected chi connectivity index (χ1v) is 11.7. The molecule has 2 aliphatic rings. The number of nitrogens with one attached hydrogen (secondary N) is 2. The number of rotatable bonds is 7. The number of esters is 2. The summed E-state index contributed by atoms with van der Waals surface area (Å²) in [4.78, 5) is 41.6. The fourth-order valence-electron chi connectivity index (χ4n) is 4.40. The number of urea groups is 1. The van der Waals surface area contributed by atoms with Gasteiger partial charge in [-0.2, -0.15) is 0 Å². The number of pyridine rings is 1. The molecule has 8 nitrogen and oxygen atoms in total. The maximum absolute atomic E-state index is 13.1. The van der Waals surface area contributed by atoms with Gasteiger partial charge in [0.25, 0.3) is 0 Å². The summed E-state index contributed by atoms with van der Waals surface area (Å²) in [5.41, 5.74) is 2.03. The van der Waals surface area contributed by atoms with Gasteiger partial charge in [-0.15, -0.1) is 0 Å². The number of hydrogen-bond donors (Lipinski definition) is 2. The van der Waals surface area contributed by atoms with Crippen molar-refractivity contribution >= 4 is 18.0 Å². The first kappa shape index (κ1) is 23.5. The number of amides is 2. The van der Waals surface area contributed by atoms with Crippen LogP contribution in [0.1, 0.15) is 67.4 Å². The Bertz CT molecular complexity index is 1060. The van der Waals surface area contributed by atoms with Gasteiger partial charge in [0, 0.05) is 18.1 Å². The van der Waals surface area contributed by atoms with E-state index in [9.17, 15) is 14.4 Å². The highest BCUT2D eigenvalue weighted by Gasteiger charge is 2.33. The zero-order valence-corrected chi connectivity index (χ0v) is 19.2. The van der Waals surface area contributed by atoms with Crippen molar-refractivity contribution in [1.82, 2.24) is 15.6 Å². The zero-order valence-electron chi connectivity index (χ0n) is 19.2. The van der Waals surface area contributed by atoms with Crippen molar-refractivity contribution in [2.75, 3.05) is 6.61 Å². The van der Waals surface area contributed by atoms with E-state index < -0.39 is 18.0 Å². The normalized spacial score (nSPS) is 18.6. The Morgan fingerprint density at radius 3 is 2.38 bits per heavy atom. The van der Waals surface area contributed by atoms with Crippen LogP contribution in [0.2, 0.25) is 0 Å². The molecular formula is C26H29N3O5. The molecule has 1 fully saturated rings. The van der Waals surface area contributed by atoms with Gasteiger partial charge in [-0.05, 0) is 55.0 Å². The van der Waals surface area contributed by atoms with E-state index in [2.05, 4.69) is 15.6 Å². The molecule has 2 amide bonds. The molecule has 1 aromatic carbocycles. The van der Waals surface area contributed by atoms with Crippen LogP contribution in [0.5, 0.6) is 5.75 Å². The highest BCUT2D eigenvalue weighted by Crippen LogP contribution is 2.31. The Morgan fingerprint density at radius 2 is 1.71 bits per heavy atom. The van der Waals surface area contributed by atoms with Crippen LogP contribution in [0.4, 0.5) is 4.79 Å². The van der Waals surface area contributed by atoms with Crippen molar-refractivity contribution < 1.29 is 23.9 Å². The molecule has 0 spiro atoms. The number of ether oxygens (including phenoxy) is 2. The lowest BCUT2D eigenvalue weighted by Crippen LogP contribution is -2.46. The molecule has 0 radical (unpaired) electrons. The molecule has 1 aromatic heterocycles. The number of hydrogen-bond acceptors (Lipinski definition) is 6. The van der Waals surface area contributed by atoms with Crippen LogP contribution in [0.25, 0.3) is 0 Å². The molecule has 8 heteroatoms. The van der Waals surface area contributed by atoms with Crippen LogP contribution in [-0.4, -0.2) is 29.6 Å². The van der Waals surface area contributed by atoms with Crippen LogP contribution in [0, 0.1) is 5.92 Å². The highest BCUT2D eigenvalue weighted by atomic mass is 16.5. The second-order valence-electron chi connectivity index (χ2n) is 8.57. The van der Waals surface area contributed by atoms with Gasteiger partial charge in [0.1, 0.15) is 5.75 Å². The van der Waals surface area contributed by atoms with E-state index in [4.69, 9.17) is 9.47 Å². The predicted molar refractivity (Wildman–Crippen MR) is 125 cm³/mol. The summed E-state index contributed by atoms with van der Waals surface area (Å²) in [6, 6.07) is 8.84. The van der Waals surface area contributed by atoms with Gasteiger partial charge in [0.05, 0.1) is 23.8 Å². The molecule has 1 unspecified atom stereocenters. The van der Waals surface area contributed by atoms with E-state index in [-0.39, 0.29) is 6.03 Å². The zero-order chi connectivity index (χ0) is 23.9. The van der Waals surface area contributed by atoms with Gasteiger partial charge in [-0.3, -0.25) is 4.98 Å². The molecule has 2 heterocycles. The standard InChI is InChI=1S/C26H29N3O5/c1-2-21-22(25(31)33-16-17-6-4-3-5-7-17)23(29-26(32)28-21)18-8-10-20(11-9-18)34-24(30)19-12-14-27-15-13-19/h8-15,17,23H,2-7,16H2,1H3,(H2,28,29,32). The van der Waals surface area contributed by atoms with Gasteiger partial charge >= 0.3 is 18.0 Å². The first-order chi connectivity index (χ1) is 16.5. The van der Waals surface area contributed by atoms with Crippen LogP contribution in [-0.2, 0) is 9.53 Å². The Kier molecular flexibility index (Phi) is 7.57. The van der Waals surface area contributed by atoms with Gasteiger partial charge in [0.2, 0.25) is 0 Å². The number of carbonyl (C=O) groups is 3. The van der Waals surface area contributed by atoms with E-state index in [0.29, 0.717) is 47.1 Å². The van der Waals surface area contributed by atoms with Crippen LogP contribution in [0.15, 0.2) is 60.1 Å². The summed E-state index contributed by atoms with van der Waals surface area (Å²) in [6.07, 6.45) is 9.25. The van der Waals surface area contributed by atoms with Crippen LogP contribution in [0.3, 0.4) is 0 Å². The largest absolute Gasteiger partial charge is 0.462 e. The summed E-state index contributed by atoms with van der Waals surface area (Å²) < 4.78 is 11.1. The van der Waals surface area contributed by atoms with E-state index in [1.807, 2.05) is 6.92 Å². The number of benzene rings is 1. The Balaban J connectivity index is 1.50. The van der Waals surface area contributed by atoms with E-state index in [0.717, 1.165) is 12.8 Å². The monoisotopic (exact) mass is 463 g/mol. The SMILES string of the molecule is CCC1=C(C(=O)OCC2CCCCC2)C(c2ccc(OC(=O)c3ccncc3)cc2)NC(=O)N1. The second kappa shape index (κ2) is 11.0. The lowest BCUT2D eigenvalue weighted by atomic mass is 9.90. The third-order valence-corrected chi connectivity index (χ3v) is 6.24. The molecule has 1 aliphatic heterocycles. The second-order valence-corrected chi connectivity index (χ2v) is 8.57. The molecule has 2 aromatic rings. The molecule has 4 rings (SSSR count). The summed E-state index contributed by atoms with van der Waals surface area (Å²) in [7, 11) is 0. The van der Waals surface area contributed by atoms with Crippen LogP contribution < -0.4 is 15.4 Å². The van der Waals surface area contributed by atoms with Crippen molar-refractivity contribution in [2.45, 2.75) is 51.5 Å². The van der Waals surface area contributed by atoms with E-state index in [1.165, 1.54) is 31.7 Å². The molecule has 34 heavy (non-hydrogen) atoms. The van der Waals surface area contributed by atoms with Gasteiger partial charge in [-0.1, -0.05) is 38.3 Å². The number of aromatic nitrogens is 1. The summed E-state index contributed by atoms with van der Waals surface area (Å²) >= 11 is 0. The van der Waals surface area contributed by atoms with Crippen molar-refractivity contribution in [3.05, 3.63) is 71.2 Å². The fourth-order valence-corrected chi connectivity index (χ4v) is 4.40. The first-order valence-electron chi connectivity index (χ1n) is 11.7. The topological polar surface area (TPSA) is 107 Å². The lowest BCUT2D eigenvalue weighted by Gasteiger charge is -2.30.